The van der Waals surface area contributed by atoms with Crippen molar-refractivity contribution in [3.05, 3.63) is 72.4 Å². The van der Waals surface area contributed by atoms with Gasteiger partial charge in [0.25, 0.3) is 8.32 Å². The molecule has 3 fully saturated rings. The van der Waals surface area contributed by atoms with Crippen molar-refractivity contribution in [1.29, 1.82) is 0 Å². The summed E-state index contributed by atoms with van der Waals surface area (Å²) in [5, 5.41) is 4.14. The summed E-state index contributed by atoms with van der Waals surface area (Å²) in [6.45, 7) is 13.5. The van der Waals surface area contributed by atoms with Crippen molar-refractivity contribution >= 4 is 36.0 Å². The number of rotatable bonds is 3. The van der Waals surface area contributed by atoms with Crippen molar-refractivity contribution in [2.24, 2.45) is 0 Å². The summed E-state index contributed by atoms with van der Waals surface area (Å²) in [6, 6.07) is 25.5. The maximum absolute atomic E-state index is 6.38. The Balaban J connectivity index is 0.000000168. The Morgan fingerprint density at radius 1 is 0.714 bits per heavy atom. The van der Waals surface area contributed by atoms with Crippen LogP contribution in [0.3, 0.4) is 0 Å². The van der Waals surface area contributed by atoms with E-state index in [0.29, 0.717) is 0 Å². The van der Waals surface area contributed by atoms with E-state index in [1.54, 1.807) is 0 Å². The Hall–Kier alpha value is -1.29. The minimum Gasteiger partial charge on any atom is -0.417 e. The number of hydrogen-bond donors (Lipinski definition) is 0. The Morgan fingerprint density at radius 2 is 1.26 bits per heavy atom. The quantitative estimate of drug-likeness (QED) is 0.446. The van der Waals surface area contributed by atoms with Crippen molar-refractivity contribution in [2.75, 3.05) is 19.8 Å². The fourth-order valence-electron chi connectivity index (χ4n) is 5.03. The first-order valence-corrected chi connectivity index (χ1v) is 20.7. The lowest BCUT2D eigenvalue weighted by molar-refractivity contribution is 0.275. The topological polar surface area (TPSA) is 27.7 Å². The molecule has 1 atom stereocenters. The van der Waals surface area contributed by atoms with Gasteiger partial charge in [-0.15, -0.1) is 6.58 Å². The molecule has 0 amide bonds. The average Bonchev–Trinajstić information content (AvgIpc) is 2.91. The lowest BCUT2D eigenvalue weighted by Crippen LogP contribution is -2.62. The van der Waals surface area contributed by atoms with Gasteiger partial charge in [-0.05, 0) is 67.8 Å². The highest BCUT2D eigenvalue weighted by Crippen LogP contribution is 2.22. The molecule has 35 heavy (non-hydrogen) atoms. The lowest BCUT2D eigenvalue weighted by atomic mass is 10.3. The van der Waals surface area contributed by atoms with Crippen LogP contribution in [-0.4, -0.2) is 45.5 Å². The number of benzene rings is 2. The zero-order valence-corrected chi connectivity index (χ0v) is 25.4. The second-order valence-corrected chi connectivity index (χ2v) is 21.4. The average molecular weight is 527 g/mol. The first-order valence-electron chi connectivity index (χ1n) is 13.6. The highest BCUT2D eigenvalue weighted by Gasteiger charge is 2.40. The minimum atomic E-state index is -1.93. The second-order valence-electron chi connectivity index (χ2n) is 10.6. The minimum absolute atomic E-state index is 0.894. The molecule has 0 spiro atoms. The molecule has 192 valence electrons. The first-order chi connectivity index (χ1) is 16.9. The molecular weight excluding hydrogens is 481 g/mol. The Bertz CT molecular complexity index is 812. The summed E-state index contributed by atoms with van der Waals surface area (Å²) < 4.78 is 17.6. The molecule has 3 heterocycles. The third-order valence-electron chi connectivity index (χ3n) is 7.15. The molecule has 0 saturated carbocycles. The van der Waals surface area contributed by atoms with E-state index in [-0.39, 0.29) is 0 Å². The van der Waals surface area contributed by atoms with E-state index >= 15 is 0 Å². The highest BCUT2D eigenvalue weighted by molar-refractivity contribution is 6.97. The normalized spacial score (nSPS) is 23.0. The molecule has 0 aliphatic carbocycles. The van der Waals surface area contributed by atoms with Gasteiger partial charge in [-0.2, -0.15) is 0 Å². The van der Waals surface area contributed by atoms with E-state index in [9.17, 15) is 0 Å². The van der Waals surface area contributed by atoms with Crippen LogP contribution in [0, 0.1) is 0 Å². The van der Waals surface area contributed by atoms with E-state index in [1.165, 1.54) is 72.2 Å². The van der Waals surface area contributed by atoms with Crippen LogP contribution in [0.15, 0.2) is 72.4 Å². The van der Waals surface area contributed by atoms with Gasteiger partial charge in [0.1, 0.15) is 0 Å². The molecule has 3 aliphatic heterocycles. The van der Waals surface area contributed by atoms with Crippen LogP contribution in [0.25, 0.3) is 0 Å². The molecule has 2 aromatic rings. The maximum atomic E-state index is 6.38. The van der Waals surface area contributed by atoms with Crippen LogP contribution in [0.2, 0.25) is 31.2 Å². The summed E-state index contributed by atoms with van der Waals surface area (Å²) in [7, 11) is -3.92. The summed E-state index contributed by atoms with van der Waals surface area (Å²) in [5.74, 6) is 0. The van der Waals surface area contributed by atoms with Crippen molar-refractivity contribution in [3.63, 3.8) is 0 Å². The molecule has 0 bridgehead atoms. The molecule has 1 unspecified atom stereocenters. The predicted molar refractivity (Wildman–Crippen MR) is 157 cm³/mol. The largest absolute Gasteiger partial charge is 0.417 e. The fourth-order valence-corrected chi connectivity index (χ4v) is 13.1. The number of allylic oxidation sites excluding steroid dienone is 1. The van der Waals surface area contributed by atoms with Crippen LogP contribution in [0.5, 0.6) is 0 Å². The first kappa shape index (κ1) is 28.3. The lowest BCUT2D eigenvalue weighted by Gasteiger charge is -2.35. The fraction of sp³-hybridized carbons (Fsp3) is 0.517. The van der Waals surface area contributed by atoms with Gasteiger partial charge in [0, 0.05) is 19.8 Å². The Labute approximate surface area is 217 Å². The van der Waals surface area contributed by atoms with Gasteiger partial charge in [0.15, 0.2) is 8.32 Å². The molecule has 0 aromatic heterocycles. The predicted octanol–water partition coefficient (Wildman–Crippen LogP) is 6.19. The van der Waals surface area contributed by atoms with Gasteiger partial charge in [-0.25, -0.2) is 0 Å². The maximum Gasteiger partial charge on any atom is 0.255 e. The molecule has 2 aromatic carbocycles. The third-order valence-corrected chi connectivity index (χ3v) is 16.6. The Kier molecular flexibility index (Phi) is 11.7. The van der Waals surface area contributed by atoms with E-state index in [1.807, 2.05) is 0 Å². The molecule has 6 heteroatoms. The van der Waals surface area contributed by atoms with E-state index in [0.717, 1.165) is 19.8 Å². The summed E-state index contributed by atoms with van der Waals surface area (Å²) in [6.07, 6.45) is 7.81. The van der Waals surface area contributed by atoms with Gasteiger partial charge in [0.2, 0.25) is 9.04 Å². The zero-order chi connectivity index (χ0) is 25.0. The number of hydrogen-bond acceptors (Lipinski definition) is 3. The zero-order valence-electron chi connectivity index (χ0n) is 22.3. The Morgan fingerprint density at radius 3 is 1.60 bits per heavy atom. The summed E-state index contributed by atoms with van der Waals surface area (Å²) in [4.78, 5) is 0. The highest BCUT2D eigenvalue weighted by atomic mass is 28.4. The third kappa shape index (κ3) is 8.95. The van der Waals surface area contributed by atoms with E-state index in [4.69, 9.17) is 13.3 Å². The molecule has 0 N–H and O–H groups in total. The van der Waals surface area contributed by atoms with Crippen LogP contribution in [-0.2, 0) is 13.3 Å². The molecule has 5 rings (SSSR count). The molecule has 3 nitrogen and oxygen atoms in total. The van der Waals surface area contributed by atoms with Gasteiger partial charge >= 0.3 is 0 Å². The van der Waals surface area contributed by atoms with Crippen LogP contribution < -0.4 is 10.4 Å². The summed E-state index contributed by atoms with van der Waals surface area (Å²) in [5.41, 5.74) is 0. The summed E-state index contributed by atoms with van der Waals surface area (Å²) >= 11 is 0. The molecule has 0 radical (unpaired) electrons. The van der Waals surface area contributed by atoms with Crippen molar-refractivity contribution in [2.45, 2.75) is 76.7 Å². The van der Waals surface area contributed by atoms with Crippen LogP contribution >= 0.6 is 0 Å². The molecule has 3 saturated heterocycles. The van der Waals surface area contributed by atoms with E-state index in [2.05, 4.69) is 87.3 Å². The van der Waals surface area contributed by atoms with Crippen molar-refractivity contribution in [3.8, 4) is 0 Å². The van der Waals surface area contributed by atoms with Crippen LogP contribution in [0.4, 0.5) is 0 Å². The standard InChI is InChI=1S/C16H18OSi.C7H14OSi.C6H14OSi/c1-3-9-15(10-4-1)18(14-8-7-13-17-18)16-11-5-2-6-12-16;1-7(2)9-6-4-3-5-8-9;1-8(2)6-4-3-5-7-8/h1-6,9-12H,7-8,13-14H2;9H,1,3-6H2,2H3;3-6H2,1-2H3. The molecular formula is C29H46O3Si3. The SMILES string of the molecule is C=C(C)[SiH]1CCCCO1.C[Si]1(C)CCCCO1.c1ccc([Si]2(c3ccccc3)CCCCO2)cc1. The van der Waals surface area contributed by atoms with Crippen LogP contribution in [0.1, 0.15) is 45.4 Å². The van der Waals surface area contributed by atoms with Gasteiger partial charge < -0.3 is 13.3 Å². The molecule has 3 aliphatic rings. The van der Waals surface area contributed by atoms with Gasteiger partial charge in [0.05, 0.1) is 0 Å². The smallest absolute Gasteiger partial charge is 0.255 e. The van der Waals surface area contributed by atoms with Crippen molar-refractivity contribution in [1.82, 2.24) is 0 Å². The van der Waals surface area contributed by atoms with Gasteiger partial charge in [-0.3, -0.25) is 0 Å². The van der Waals surface area contributed by atoms with Gasteiger partial charge in [-0.1, -0.05) is 85.1 Å². The van der Waals surface area contributed by atoms with Crippen molar-refractivity contribution < 1.29 is 13.3 Å². The monoisotopic (exact) mass is 526 g/mol. The van der Waals surface area contributed by atoms with E-state index < -0.39 is 25.7 Å². The second kappa shape index (κ2) is 14.5.